The minimum atomic E-state index is 0. The van der Waals surface area contributed by atoms with E-state index in [2.05, 4.69) is 21.8 Å². The average Bonchev–Trinajstić information content (AvgIpc) is 2.90. The van der Waals surface area contributed by atoms with Gasteiger partial charge in [0.2, 0.25) is 0 Å². The molecular weight excluding hydrogens is 365 g/mol. The van der Waals surface area contributed by atoms with Gasteiger partial charge in [-0.3, -0.25) is 4.90 Å². The van der Waals surface area contributed by atoms with Crippen molar-refractivity contribution in [2.75, 3.05) is 32.8 Å². The summed E-state index contributed by atoms with van der Waals surface area (Å²) in [5.41, 5.74) is 2.31. The summed E-state index contributed by atoms with van der Waals surface area (Å²) < 4.78 is 7.73. The Morgan fingerprint density at radius 1 is 1.08 bits per heavy atom. The van der Waals surface area contributed by atoms with Gasteiger partial charge in [0, 0.05) is 37.3 Å². The van der Waals surface area contributed by atoms with E-state index < -0.39 is 0 Å². The third-order valence-corrected chi connectivity index (χ3v) is 4.91. The Balaban J connectivity index is 0.00000144. The first-order valence-electron chi connectivity index (χ1n) is 7.88. The second-order valence-corrected chi connectivity index (χ2v) is 6.40. The van der Waals surface area contributed by atoms with Crippen molar-refractivity contribution in [2.45, 2.75) is 19.9 Å². The van der Waals surface area contributed by atoms with Crippen molar-refractivity contribution in [3.05, 3.63) is 46.2 Å². The molecule has 1 aromatic heterocycles. The van der Waals surface area contributed by atoms with E-state index in [0.29, 0.717) is 0 Å². The Morgan fingerprint density at radius 2 is 1.79 bits per heavy atom. The molecule has 7 heteroatoms. The fraction of sp³-hybridized carbons (Fsp3) is 0.471. The van der Waals surface area contributed by atoms with Crippen LogP contribution in [0.25, 0.3) is 0 Å². The van der Waals surface area contributed by atoms with Crippen molar-refractivity contribution >= 4 is 41.8 Å². The molecular formula is C17H25Cl2N3OS. The number of thiazole rings is 1. The molecule has 1 aliphatic rings. The number of hydrogen-bond acceptors (Lipinski definition) is 4. The summed E-state index contributed by atoms with van der Waals surface area (Å²) in [5, 5.41) is 2.19. The second-order valence-electron chi connectivity index (χ2n) is 5.57. The number of aromatic nitrogens is 1. The highest BCUT2D eigenvalue weighted by Gasteiger charge is 2.10. The molecule has 1 saturated heterocycles. The Labute approximate surface area is 160 Å². The molecule has 2 aromatic rings. The molecule has 3 rings (SSSR count). The van der Waals surface area contributed by atoms with Crippen molar-refractivity contribution in [2.24, 2.45) is 4.99 Å². The quantitative estimate of drug-likeness (QED) is 0.780. The Morgan fingerprint density at radius 3 is 2.50 bits per heavy atom. The number of benzene rings is 1. The first kappa shape index (κ1) is 21.2. The molecule has 0 bridgehead atoms. The number of nitrogens with zero attached hydrogens (tertiary/aromatic N) is 3. The molecule has 134 valence electrons. The third kappa shape index (κ3) is 5.90. The molecule has 24 heavy (non-hydrogen) atoms. The van der Waals surface area contributed by atoms with Crippen LogP contribution in [0.5, 0.6) is 0 Å². The van der Waals surface area contributed by atoms with E-state index in [0.717, 1.165) is 56.3 Å². The molecule has 0 amide bonds. The molecule has 1 aromatic carbocycles. The maximum atomic E-state index is 5.40. The molecule has 4 nitrogen and oxygen atoms in total. The SMILES string of the molecule is Cc1csc(=Nc2ccccc2)n1CCCN1CCOCC1.Cl.Cl. The molecule has 2 heterocycles. The molecule has 0 atom stereocenters. The van der Waals surface area contributed by atoms with Gasteiger partial charge in [0.15, 0.2) is 4.80 Å². The van der Waals surface area contributed by atoms with E-state index in [9.17, 15) is 0 Å². The lowest BCUT2D eigenvalue weighted by atomic mass is 10.3. The highest BCUT2D eigenvalue weighted by molar-refractivity contribution is 7.07. The third-order valence-electron chi connectivity index (χ3n) is 3.93. The number of hydrogen-bond donors (Lipinski definition) is 0. The predicted octanol–water partition coefficient (Wildman–Crippen LogP) is 3.66. The molecule has 0 radical (unpaired) electrons. The fourth-order valence-electron chi connectivity index (χ4n) is 2.66. The first-order chi connectivity index (χ1) is 10.8. The van der Waals surface area contributed by atoms with Crippen LogP contribution in [-0.2, 0) is 11.3 Å². The van der Waals surface area contributed by atoms with E-state index in [1.165, 1.54) is 5.69 Å². The van der Waals surface area contributed by atoms with Crippen LogP contribution in [0.4, 0.5) is 5.69 Å². The average molecular weight is 390 g/mol. The van der Waals surface area contributed by atoms with Crippen LogP contribution in [0, 0.1) is 6.92 Å². The Hall–Kier alpha value is -0.850. The number of morpholine rings is 1. The van der Waals surface area contributed by atoms with Crippen molar-refractivity contribution in [1.82, 2.24) is 9.47 Å². The van der Waals surface area contributed by atoms with E-state index in [1.807, 2.05) is 30.3 Å². The second kappa shape index (κ2) is 10.9. The zero-order valence-electron chi connectivity index (χ0n) is 13.9. The van der Waals surface area contributed by atoms with E-state index in [4.69, 9.17) is 9.73 Å². The molecule has 0 saturated carbocycles. The molecule has 0 unspecified atom stereocenters. The van der Waals surface area contributed by atoms with Gasteiger partial charge in [0.05, 0.1) is 18.9 Å². The van der Waals surface area contributed by atoms with Crippen LogP contribution < -0.4 is 4.80 Å². The maximum absolute atomic E-state index is 5.40. The summed E-state index contributed by atoms with van der Waals surface area (Å²) in [4.78, 5) is 8.35. The van der Waals surface area contributed by atoms with Crippen LogP contribution in [0.1, 0.15) is 12.1 Å². The van der Waals surface area contributed by atoms with Crippen LogP contribution in [0.15, 0.2) is 40.7 Å². The van der Waals surface area contributed by atoms with Gasteiger partial charge in [-0.2, -0.15) is 0 Å². The minimum absolute atomic E-state index is 0. The van der Waals surface area contributed by atoms with Crippen LogP contribution >= 0.6 is 36.2 Å². The lowest BCUT2D eigenvalue weighted by molar-refractivity contribution is 0.0369. The standard InChI is InChI=1S/C17H23N3OS.2ClH/c1-15-14-22-17(18-16-6-3-2-4-7-16)20(15)9-5-8-19-10-12-21-13-11-19;;/h2-4,6-7,14H,5,8-13H2,1H3;2*1H. The number of halogens is 2. The zero-order valence-corrected chi connectivity index (χ0v) is 16.3. The van der Waals surface area contributed by atoms with E-state index in [-0.39, 0.29) is 24.8 Å². The van der Waals surface area contributed by atoms with Gasteiger partial charge >= 0.3 is 0 Å². The molecule has 0 aliphatic carbocycles. The van der Waals surface area contributed by atoms with Crippen LogP contribution in [0.3, 0.4) is 0 Å². The highest BCUT2D eigenvalue weighted by atomic mass is 35.5. The topological polar surface area (TPSA) is 29.8 Å². The summed E-state index contributed by atoms with van der Waals surface area (Å²) in [5.74, 6) is 0. The zero-order chi connectivity index (χ0) is 15.2. The van der Waals surface area contributed by atoms with Crippen LogP contribution in [-0.4, -0.2) is 42.3 Å². The monoisotopic (exact) mass is 389 g/mol. The predicted molar refractivity (Wildman–Crippen MR) is 105 cm³/mol. The smallest absolute Gasteiger partial charge is 0.190 e. The maximum Gasteiger partial charge on any atom is 0.190 e. The van der Waals surface area contributed by atoms with Crippen molar-refractivity contribution in [1.29, 1.82) is 0 Å². The number of rotatable bonds is 5. The summed E-state index contributed by atoms with van der Waals surface area (Å²) in [7, 11) is 0. The minimum Gasteiger partial charge on any atom is -0.379 e. The summed E-state index contributed by atoms with van der Waals surface area (Å²) in [6.45, 7) is 8.20. The first-order valence-corrected chi connectivity index (χ1v) is 8.76. The van der Waals surface area contributed by atoms with Gasteiger partial charge in [-0.15, -0.1) is 36.2 Å². The van der Waals surface area contributed by atoms with E-state index in [1.54, 1.807) is 11.3 Å². The van der Waals surface area contributed by atoms with E-state index >= 15 is 0 Å². The number of ether oxygens (including phenoxy) is 1. The van der Waals surface area contributed by atoms with Gasteiger partial charge in [-0.25, -0.2) is 4.99 Å². The lowest BCUT2D eigenvalue weighted by Crippen LogP contribution is -2.37. The van der Waals surface area contributed by atoms with Crippen molar-refractivity contribution in [3.8, 4) is 0 Å². The van der Waals surface area contributed by atoms with Gasteiger partial charge in [0.25, 0.3) is 0 Å². The largest absolute Gasteiger partial charge is 0.379 e. The molecule has 0 spiro atoms. The highest BCUT2D eigenvalue weighted by Crippen LogP contribution is 2.10. The van der Waals surface area contributed by atoms with Gasteiger partial charge in [-0.1, -0.05) is 18.2 Å². The molecule has 1 aliphatic heterocycles. The summed E-state index contributed by atoms with van der Waals surface area (Å²) in [6.07, 6.45) is 1.15. The van der Waals surface area contributed by atoms with Gasteiger partial charge in [-0.05, 0) is 25.5 Å². The van der Waals surface area contributed by atoms with Gasteiger partial charge < -0.3 is 9.30 Å². The fourth-order valence-corrected chi connectivity index (χ4v) is 3.59. The number of aryl methyl sites for hydroxylation is 1. The molecule has 1 fully saturated rings. The van der Waals surface area contributed by atoms with Crippen LogP contribution in [0.2, 0.25) is 0 Å². The van der Waals surface area contributed by atoms with Crippen molar-refractivity contribution in [3.63, 3.8) is 0 Å². The Bertz CT molecular complexity index is 651. The summed E-state index contributed by atoms with van der Waals surface area (Å²) >= 11 is 1.72. The normalized spacial score (nSPS) is 15.6. The molecule has 0 N–H and O–H groups in total. The number of para-hydroxylation sites is 1. The summed E-state index contributed by atoms with van der Waals surface area (Å²) in [6, 6.07) is 10.2. The van der Waals surface area contributed by atoms with Crippen molar-refractivity contribution < 1.29 is 4.74 Å². The van der Waals surface area contributed by atoms with Gasteiger partial charge in [0.1, 0.15) is 0 Å². The Kier molecular flexibility index (Phi) is 9.63. The lowest BCUT2D eigenvalue weighted by Gasteiger charge is -2.26.